The molecule has 1 saturated heterocycles. The van der Waals surface area contributed by atoms with Crippen molar-refractivity contribution in [2.45, 2.75) is 24.9 Å². The fourth-order valence-electron chi connectivity index (χ4n) is 4.62. The highest BCUT2D eigenvalue weighted by Gasteiger charge is 2.36. The minimum absolute atomic E-state index is 0.00539. The molecule has 2 aliphatic heterocycles. The van der Waals surface area contributed by atoms with Gasteiger partial charge in [-0.15, -0.1) is 0 Å². The first-order valence-electron chi connectivity index (χ1n) is 10.9. The van der Waals surface area contributed by atoms with Gasteiger partial charge in [0.25, 0.3) is 0 Å². The lowest BCUT2D eigenvalue weighted by atomic mass is 9.93. The summed E-state index contributed by atoms with van der Waals surface area (Å²) in [7, 11) is 0. The Hall–Kier alpha value is -3.32. The molecule has 7 heteroatoms. The molecule has 3 aromatic carbocycles. The molecule has 1 fully saturated rings. The van der Waals surface area contributed by atoms with Crippen LogP contribution in [-0.2, 0) is 6.18 Å². The number of nitrogens with zero attached hydrogens (tertiary/aromatic N) is 1. The van der Waals surface area contributed by atoms with E-state index in [1.165, 1.54) is 18.6 Å². The molecule has 5 rings (SSSR count). The van der Waals surface area contributed by atoms with Crippen LogP contribution >= 0.6 is 0 Å². The van der Waals surface area contributed by atoms with Gasteiger partial charge in [0.2, 0.25) is 0 Å². The average molecular weight is 453 g/mol. The van der Waals surface area contributed by atoms with Crippen molar-refractivity contribution in [3.63, 3.8) is 0 Å². The maximum atomic E-state index is 13.4. The molecular formula is C26H22F3NO3. The summed E-state index contributed by atoms with van der Waals surface area (Å²) in [6.45, 7) is 1.72. The second-order valence-electron chi connectivity index (χ2n) is 8.41. The number of benzene rings is 3. The van der Waals surface area contributed by atoms with Crippen molar-refractivity contribution in [3.8, 4) is 11.5 Å². The molecule has 0 N–H and O–H groups in total. The minimum atomic E-state index is -4.36. The SMILES string of the molecule is O=C(CCN1CCC(c2ccccc2C(F)(F)F)C1)c1ccc2cc3c(cc2c1)OC=CO3. The van der Waals surface area contributed by atoms with Gasteiger partial charge in [0.15, 0.2) is 17.3 Å². The zero-order chi connectivity index (χ0) is 23.0. The van der Waals surface area contributed by atoms with Crippen LogP contribution in [-0.4, -0.2) is 30.3 Å². The first kappa shape index (κ1) is 21.5. The number of hydrogen-bond donors (Lipinski definition) is 0. The second kappa shape index (κ2) is 8.56. The number of likely N-dealkylation sites (tertiary alicyclic amines) is 1. The van der Waals surface area contributed by atoms with Gasteiger partial charge in [-0.1, -0.05) is 30.3 Å². The maximum absolute atomic E-state index is 13.4. The first-order chi connectivity index (χ1) is 15.9. The van der Waals surface area contributed by atoms with E-state index in [9.17, 15) is 18.0 Å². The summed E-state index contributed by atoms with van der Waals surface area (Å²) in [6.07, 6.45) is -0.468. The Kier molecular flexibility index (Phi) is 5.58. The molecule has 1 unspecified atom stereocenters. The summed E-state index contributed by atoms with van der Waals surface area (Å²) >= 11 is 0. The van der Waals surface area contributed by atoms with Crippen LogP contribution in [0.25, 0.3) is 10.8 Å². The summed E-state index contributed by atoms with van der Waals surface area (Å²) in [5.74, 6) is 1.04. The van der Waals surface area contributed by atoms with Crippen LogP contribution in [0.2, 0.25) is 0 Å². The number of ketones is 1. The Labute approximate surface area is 189 Å². The number of rotatable bonds is 5. The van der Waals surface area contributed by atoms with Gasteiger partial charge >= 0.3 is 6.18 Å². The van der Waals surface area contributed by atoms with E-state index in [0.717, 1.165) is 16.8 Å². The van der Waals surface area contributed by atoms with Gasteiger partial charge in [0.1, 0.15) is 12.5 Å². The number of halogens is 3. The minimum Gasteiger partial charge on any atom is -0.458 e. The quantitative estimate of drug-likeness (QED) is 0.434. The van der Waals surface area contributed by atoms with Crippen molar-refractivity contribution in [3.05, 3.63) is 83.8 Å². The van der Waals surface area contributed by atoms with Crippen molar-refractivity contribution in [1.82, 2.24) is 4.90 Å². The fraction of sp³-hybridized carbons (Fsp3) is 0.269. The molecule has 2 aliphatic rings. The molecule has 0 amide bonds. The zero-order valence-electron chi connectivity index (χ0n) is 17.8. The number of carbonyl (C=O) groups is 1. The molecule has 1 atom stereocenters. The molecular weight excluding hydrogens is 431 g/mol. The van der Waals surface area contributed by atoms with E-state index < -0.39 is 11.7 Å². The topological polar surface area (TPSA) is 38.8 Å². The van der Waals surface area contributed by atoms with Crippen molar-refractivity contribution in [1.29, 1.82) is 0 Å². The van der Waals surface area contributed by atoms with Gasteiger partial charge in [-0.05, 0) is 59.5 Å². The fourth-order valence-corrected chi connectivity index (χ4v) is 4.62. The van der Waals surface area contributed by atoms with E-state index in [1.54, 1.807) is 18.2 Å². The van der Waals surface area contributed by atoms with Crippen molar-refractivity contribution < 1.29 is 27.4 Å². The summed E-state index contributed by atoms with van der Waals surface area (Å²) in [4.78, 5) is 14.9. The monoisotopic (exact) mass is 453 g/mol. The average Bonchev–Trinajstić information content (AvgIpc) is 3.29. The molecule has 33 heavy (non-hydrogen) atoms. The third-order valence-corrected chi connectivity index (χ3v) is 6.30. The third kappa shape index (κ3) is 4.46. The van der Waals surface area contributed by atoms with E-state index in [0.29, 0.717) is 55.1 Å². The lowest BCUT2D eigenvalue weighted by Gasteiger charge is -2.19. The predicted octanol–water partition coefficient (Wildman–Crippen LogP) is 6.16. The van der Waals surface area contributed by atoms with E-state index in [1.807, 2.05) is 24.3 Å². The molecule has 0 aliphatic carbocycles. The Morgan fingerprint density at radius 1 is 0.970 bits per heavy atom. The zero-order valence-corrected chi connectivity index (χ0v) is 17.8. The Bertz CT molecular complexity index is 1240. The number of hydrogen-bond acceptors (Lipinski definition) is 4. The van der Waals surface area contributed by atoms with Gasteiger partial charge in [0, 0.05) is 25.1 Å². The van der Waals surface area contributed by atoms with Gasteiger partial charge in [0.05, 0.1) is 5.56 Å². The Balaban J connectivity index is 1.24. The number of Topliss-reactive ketones (excluding diaryl/α,β-unsaturated/α-hetero) is 1. The van der Waals surface area contributed by atoms with Gasteiger partial charge in [-0.2, -0.15) is 13.2 Å². The molecule has 0 radical (unpaired) electrons. The Morgan fingerprint density at radius 3 is 2.45 bits per heavy atom. The van der Waals surface area contributed by atoms with Crippen molar-refractivity contribution in [2.75, 3.05) is 19.6 Å². The molecule has 2 heterocycles. The summed E-state index contributed by atoms with van der Waals surface area (Å²) < 4.78 is 51.0. The molecule has 3 aromatic rings. The maximum Gasteiger partial charge on any atom is 0.416 e. The lowest BCUT2D eigenvalue weighted by molar-refractivity contribution is -0.138. The molecule has 0 saturated carbocycles. The highest BCUT2D eigenvalue weighted by atomic mass is 19.4. The summed E-state index contributed by atoms with van der Waals surface area (Å²) in [6, 6.07) is 15.0. The van der Waals surface area contributed by atoms with Crippen LogP contribution in [0.3, 0.4) is 0 Å². The smallest absolute Gasteiger partial charge is 0.416 e. The van der Waals surface area contributed by atoms with Gasteiger partial charge in [-0.3, -0.25) is 4.79 Å². The molecule has 0 spiro atoms. The van der Waals surface area contributed by atoms with E-state index in [-0.39, 0.29) is 11.7 Å². The molecule has 170 valence electrons. The second-order valence-corrected chi connectivity index (χ2v) is 8.41. The number of ether oxygens (including phenoxy) is 2. The normalized spacial score (nSPS) is 18.1. The van der Waals surface area contributed by atoms with Crippen LogP contribution in [0.1, 0.15) is 40.2 Å². The van der Waals surface area contributed by atoms with Crippen molar-refractivity contribution in [2.24, 2.45) is 0 Å². The van der Waals surface area contributed by atoms with Gasteiger partial charge in [-0.25, -0.2) is 0 Å². The van der Waals surface area contributed by atoms with Crippen LogP contribution in [0, 0.1) is 0 Å². The first-order valence-corrected chi connectivity index (χ1v) is 10.9. The number of fused-ring (bicyclic) bond motifs is 2. The molecule has 0 aromatic heterocycles. The molecule has 0 bridgehead atoms. The van der Waals surface area contributed by atoms with Crippen LogP contribution in [0.5, 0.6) is 11.5 Å². The standard InChI is InChI=1S/C26H22F3NO3/c27-26(28,29)22-4-2-1-3-21(22)19-7-9-30(16-19)10-8-23(31)18-6-5-17-14-24-25(15-20(17)13-18)33-12-11-32-24/h1-6,11-15,19H,7-10,16H2. The lowest BCUT2D eigenvalue weighted by Crippen LogP contribution is -2.24. The van der Waals surface area contributed by atoms with E-state index >= 15 is 0 Å². The largest absolute Gasteiger partial charge is 0.458 e. The van der Waals surface area contributed by atoms with Crippen LogP contribution < -0.4 is 9.47 Å². The van der Waals surface area contributed by atoms with Gasteiger partial charge < -0.3 is 14.4 Å². The van der Waals surface area contributed by atoms with Crippen LogP contribution in [0.15, 0.2) is 67.1 Å². The van der Waals surface area contributed by atoms with Crippen LogP contribution in [0.4, 0.5) is 13.2 Å². The number of alkyl halides is 3. The van der Waals surface area contributed by atoms with E-state index in [2.05, 4.69) is 4.90 Å². The predicted molar refractivity (Wildman–Crippen MR) is 119 cm³/mol. The molecule has 4 nitrogen and oxygen atoms in total. The third-order valence-electron chi connectivity index (χ3n) is 6.30. The Morgan fingerprint density at radius 2 is 1.70 bits per heavy atom. The number of carbonyl (C=O) groups excluding carboxylic acids is 1. The summed E-state index contributed by atoms with van der Waals surface area (Å²) in [5, 5.41) is 1.82. The van der Waals surface area contributed by atoms with E-state index in [4.69, 9.17) is 9.47 Å². The highest BCUT2D eigenvalue weighted by molar-refractivity contribution is 6.00. The summed E-state index contributed by atoms with van der Waals surface area (Å²) in [5.41, 5.74) is 0.391. The van der Waals surface area contributed by atoms with Crippen molar-refractivity contribution >= 4 is 16.6 Å². The highest BCUT2D eigenvalue weighted by Crippen LogP contribution is 2.38.